The number of hydrogen-bond acceptors (Lipinski definition) is 3. The lowest BCUT2D eigenvalue weighted by Gasteiger charge is -2.19. The van der Waals surface area contributed by atoms with Gasteiger partial charge in [-0.15, -0.1) is 0 Å². The summed E-state index contributed by atoms with van der Waals surface area (Å²) in [6, 6.07) is 25.5. The molecular formula is C30H34N2O2. The van der Waals surface area contributed by atoms with Gasteiger partial charge in [0.25, 0.3) is 0 Å². The predicted octanol–water partition coefficient (Wildman–Crippen LogP) is 5.91. The van der Waals surface area contributed by atoms with Gasteiger partial charge >= 0.3 is 0 Å². The van der Waals surface area contributed by atoms with Gasteiger partial charge in [-0.2, -0.15) is 0 Å². The smallest absolute Gasteiger partial charge is 0.231 e. The van der Waals surface area contributed by atoms with Crippen LogP contribution in [0.25, 0.3) is 11.1 Å². The van der Waals surface area contributed by atoms with Gasteiger partial charge in [0, 0.05) is 18.8 Å². The maximum Gasteiger partial charge on any atom is 0.231 e. The first-order valence-electron chi connectivity index (χ1n) is 12.1. The molecule has 4 rings (SSSR count). The molecule has 0 unspecified atom stereocenters. The van der Waals surface area contributed by atoms with Gasteiger partial charge in [-0.25, -0.2) is 0 Å². The minimum Gasteiger partial charge on any atom is -0.492 e. The monoisotopic (exact) mass is 454 g/mol. The Kier molecular flexibility index (Phi) is 7.49. The average molecular weight is 455 g/mol. The number of amides is 1. The summed E-state index contributed by atoms with van der Waals surface area (Å²) in [7, 11) is 4.09. The van der Waals surface area contributed by atoms with E-state index in [1.807, 2.05) is 25.9 Å². The molecule has 0 saturated carbocycles. The van der Waals surface area contributed by atoms with Crippen molar-refractivity contribution in [2.75, 3.05) is 38.7 Å². The van der Waals surface area contributed by atoms with E-state index < -0.39 is 0 Å². The molecule has 1 amide bonds. The summed E-state index contributed by atoms with van der Waals surface area (Å²) in [5, 5.41) is 0. The lowest BCUT2D eigenvalue weighted by molar-refractivity contribution is -0.117. The first kappa shape index (κ1) is 23.8. The van der Waals surface area contributed by atoms with Crippen molar-refractivity contribution in [1.29, 1.82) is 0 Å². The zero-order chi connectivity index (χ0) is 24.1. The Labute approximate surface area is 203 Å². The van der Waals surface area contributed by atoms with Crippen molar-refractivity contribution in [3.63, 3.8) is 0 Å². The molecule has 34 heavy (non-hydrogen) atoms. The van der Waals surface area contributed by atoms with Gasteiger partial charge in [0.15, 0.2) is 0 Å². The van der Waals surface area contributed by atoms with Crippen molar-refractivity contribution in [3.05, 3.63) is 95.1 Å². The van der Waals surface area contributed by atoms with Crippen LogP contribution in [-0.4, -0.2) is 44.6 Å². The Bertz CT molecular complexity index is 1160. The molecule has 1 aliphatic heterocycles. The number of rotatable bonds is 9. The van der Waals surface area contributed by atoms with Crippen molar-refractivity contribution < 1.29 is 9.53 Å². The van der Waals surface area contributed by atoms with Crippen molar-refractivity contribution >= 4 is 22.7 Å². The second-order valence-corrected chi connectivity index (χ2v) is 8.91. The highest BCUT2D eigenvalue weighted by Crippen LogP contribution is 2.38. The zero-order valence-electron chi connectivity index (χ0n) is 20.7. The van der Waals surface area contributed by atoms with Crippen LogP contribution in [0, 0.1) is 0 Å². The maximum absolute atomic E-state index is 12.4. The van der Waals surface area contributed by atoms with Crippen LogP contribution in [0.3, 0.4) is 0 Å². The zero-order valence-corrected chi connectivity index (χ0v) is 20.7. The summed E-state index contributed by atoms with van der Waals surface area (Å²) in [5.74, 6) is 1.07. The molecule has 3 aromatic rings. The number of ether oxygens (including phenoxy) is 1. The molecule has 1 aliphatic rings. The highest BCUT2D eigenvalue weighted by molar-refractivity contribution is 6.03. The Morgan fingerprint density at radius 1 is 0.912 bits per heavy atom. The van der Waals surface area contributed by atoms with Crippen LogP contribution < -0.4 is 9.64 Å². The second-order valence-electron chi connectivity index (χ2n) is 8.91. The van der Waals surface area contributed by atoms with Crippen LogP contribution in [0.15, 0.2) is 72.8 Å². The van der Waals surface area contributed by atoms with Crippen LogP contribution in [0.4, 0.5) is 5.69 Å². The summed E-state index contributed by atoms with van der Waals surface area (Å²) in [4.78, 5) is 16.4. The number of carbonyl (C=O) groups is 1. The summed E-state index contributed by atoms with van der Waals surface area (Å²) in [5.41, 5.74) is 8.19. The number of fused-ring (bicyclic) bond motifs is 1. The van der Waals surface area contributed by atoms with Gasteiger partial charge in [-0.05, 0) is 85.1 Å². The summed E-state index contributed by atoms with van der Waals surface area (Å²) in [6.45, 7) is 6.48. The quantitative estimate of drug-likeness (QED) is 0.377. The van der Waals surface area contributed by atoms with E-state index in [0.29, 0.717) is 19.6 Å². The largest absolute Gasteiger partial charge is 0.492 e. The van der Waals surface area contributed by atoms with Crippen LogP contribution in [0.2, 0.25) is 0 Å². The Morgan fingerprint density at radius 3 is 2.24 bits per heavy atom. The second kappa shape index (κ2) is 10.7. The minimum absolute atomic E-state index is 0.185. The SMILES string of the molecule is CC/C(=C(\c1ccccc1)c1ccc(OCCN(C)C)cc1)c1ccc2c(c1)CC(=O)N2CC. The molecule has 4 heteroatoms. The molecule has 0 radical (unpaired) electrons. The van der Waals surface area contributed by atoms with Gasteiger partial charge in [0.1, 0.15) is 12.4 Å². The van der Waals surface area contributed by atoms with Crippen LogP contribution in [0.5, 0.6) is 5.75 Å². The molecule has 4 nitrogen and oxygen atoms in total. The molecule has 0 bridgehead atoms. The molecule has 0 aromatic heterocycles. The normalized spacial score (nSPS) is 13.8. The van der Waals surface area contributed by atoms with Crippen molar-refractivity contribution in [1.82, 2.24) is 4.90 Å². The van der Waals surface area contributed by atoms with Gasteiger partial charge in [-0.3, -0.25) is 4.79 Å². The van der Waals surface area contributed by atoms with Crippen molar-refractivity contribution in [2.24, 2.45) is 0 Å². The fourth-order valence-electron chi connectivity index (χ4n) is 4.63. The standard InChI is InChI=1S/C30H34N2O2/c1-5-27(24-14-17-28-25(20-24)21-29(33)32(28)6-2)30(22-10-8-7-9-11-22)23-12-15-26(16-13-23)34-19-18-31(3)4/h7-17,20H,5-6,18-19,21H2,1-4H3/b30-27-. The Hall–Kier alpha value is -3.37. The molecule has 0 fully saturated rings. The van der Waals surface area contributed by atoms with E-state index in [1.54, 1.807) is 0 Å². The number of benzene rings is 3. The fourth-order valence-corrected chi connectivity index (χ4v) is 4.63. The number of anilines is 1. The molecule has 0 atom stereocenters. The van der Waals surface area contributed by atoms with E-state index in [1.165, 1.54) is 22.3 Å². The minimum atomic E-state index is 0.185. The summed E-state index contributed by atoms with van der Waals surface area (Å²) in [6.07, 6.45) is 1.36. The molecule has 1 heterocycles. The molecule has 0 saturated heterocycles. The van der Waals surface area contributed by atoms with Crippen molar-refractivity contribution in [2.45, 2.75) is 26.7 Å². The van der Waals surface area contributed by atoms with Crippen molar-refractivity contribution in [3.8, 4) is 5.75 Å². The summed E-state index contributed by atoms with van der Waals surface area (Å²) < 4.78 is 5.92. The number of carbonyl (C=O) groups excluding carboxylic acids is 1. The van der Waals surface area contributed by atoms with E-state index in [4.69, 9.17) is 4.74 Å². The first-order chi connectivity index (χ1) is 16.5. The first-order valence-corrected chi connectivity index (χ1v) is 12.1. The van der Waals surface area contributed by atoms with Gasteiger partial charge in [0.2, 0.25) is 5.91 Å². The molecule has 176 valence electrons. The molecule has 3 aromatic carbocycles. The lowest BCUT2D eigenvalue weighted by atomic mass is 9.87. The summed E-state index contributed by atoms with van der Waals surface area (Å²) >= 11 is 0. The van der Waals surface area contributed by atoms with Gasteiger partial charge in [0.05, 0.1) is 6.42 Å². The van der Waals surface area contributed by atoms with E-state index >= 15 is 0 Å². The predicted molar refractivity (Wildman–Crippen MR) is 141 cm³/mol. The number of allylic oxidation sites excluding steroid dienone is 1. The van der Waals surface area contributed by atoms with E-state index in [2.05, 4.69) is 84.6 Å². The van der Waals surface area contributed by atoms with E-state index in [9.17, 15) is 4.79 Å². The third kappa shape index (κ3) is 5.07. The maximum atomic E-state index is 12.4. The fraction of sp³-hybridized carbons (Fsp3) is 0.300. The highest BCUT2D eigenvalue weighted by Gasteiger charge is 2.26. The highest BCUT2D eigenvalue weighted by atomic mass is 16.5. The Morgan fingerprint density at radius 2 is 1.59 bits per heavy atom. The van der Waals surface area contributed by atoms with Crippen LogP contribution >= 0.6 is 0 Å². The topological polar surface area (TPSA) is 32.8 Å². The van der Waals surface area contributed by atoms with E-state index in [0.717, 1.165) is 35.5 Å². The molecular weight excluding hydrogens is 420 g/mol. The molecule has 0 aliphatic carbocycles. The van der Waals surface area contributed by atoms with E-state index in [-0.39, 0.29) is 5.91 Å². The molecule has 0 N–H and O–H groups in total. The third-order valence-electron chi connectivity index (χ3n) is 6.35. The number of likely N-dealkylation sites (N-methyl/N-ethyl adjacent to an activating group) is 2. The van der Waals surface area contributed by atoms with Gasteiger partial charge in [-0.1, -0.05) is 55.5 Å². The molecule has 0 spiro atoms. The average Bonchev–Trinajstić information content (AvgIpc) is 3.17. The number of hydrogen-bond donors (Lipinski definition) is 0. The van der Waals surface area contributed by atoms with Crippen LogP contribution in [0.1, 0.15) is 42.5 Å². The lowest BCUT2D eigenvalue weighted by Crippen LogP contribution is -2.25. The Balaban J connectivity index is 1.75. The van der Waals surface area contributed by atoms with Gasteiger partial charge < -0.3 is 14.5 Å². The third-order valence-corrected chi connectivity index (χ3v) is 6.35. The van der Waals surface area contributed by atoms with Crippen LogP contribution in [-0.2, 0) is 11.2 Å². The number of nitrogens with zero attached hydrogens (tertiary/aromatic N) is 2.